The van der Waals surface area contributed by atoms with Crippen molar-refractivity contribution in [3.05, 3.63) is 0 Å². The average molecular weight is 294 g/mol. The summed E-state index contributed by atoms with van der Waals surface area (Å²) in [5, 5.41) is 11.8. The third-order valence-electron chi connectivity index (χ3n) is 2.71. The number of carbonyl (C=O) groups excluding carboxylic acids is 1. The van der Waals surface area contributed by atoms with E-state index in [-0.39, 0.29) is 26.1 Å². The van der Waals surface area contributed by atoms with Gasteiger partial charge in [-0.25, -0.2) is 8.42 Å². The summed E-state index contributed by atoms with van der Waals surface area (Å²) in [5.41, 5.74) is 0. The molecule has 0 spiro atoms. The van der Waals surface area contributed by atoms with Crippen LogP contribution in [0.3, 0.4) is 0 Å². The standard InChI is InChI=1S/C10H18N2O6S/c1-2-18-9(13)3-6-19(16,17)12-5-4-11-7-8(12)10(14)15/h8,11H,2-7H2,1H3,(H,14,15). The number of nitrogens with zero attached hydrogens (tertiary/aromatic N) is 1. The molecule has 0 amide bonds. The molecule has 0 radical (unpaired) electrons. The Hall–Kier alpha value is -1.19. The van der Waals surface area contributed by atoms with E-state index in [2.05, 4.69) is 10.1 Å². The van der Waals surface area contributed by atoms with Gasteiger partial charge in [-0.15, -0.1) is 0 Å². The van der Waals surface area contributed by atoms with Crippen molar-refractivity contribution in [3.8, 4) is 0 Å². The Kier molecular flexibility index (Phi) is 5.70. The van der Waals surface area contributed by atoms with E-state index in [1.807, 2.05) is 0 Å². The van der Waals surface area contributed by atoms with Crippen LogP contribution in [-0.4, -0.2) is 67.8 Å². The molecule has 19 heavy (non-hydrogen) atoms. The van der Waals surface area contributed by atoms with Crippen molar-refractivity contribution < 1.29 is 27.9 Å². The van der Waals surface area contributed by atoms with Gasteiger partial charge >= 0.3 is 11.9 Å². The fourth-order valence-electron chi connectivity index (χ4n) is 1.79. The largest absolute Gasteiger partial charge is 0.480 e. The Balaban J connectivity index is 2.69. The predicted molar refractivity (Wildman–Crippen MR) is 66.0 cm³/mol. The lowest BCUT2D eigenvalue weighted by atomic mass is 10.2. The number of sulfonamides is 1. The van der Waals surface area contributed by atoms with Gasteiger partial charge in [-0.1, -0.05) is 0 Å². The quantitative estimate of drug-likeness (QED) is 0.581. The maximum Gasteiger partial charge on any atom is 0.323 e. The number of carboxylic acid groups (broad SMARTS) is 1. The molecule has 1 saturated heterocycles. The van der Waals surface area contributed by atoms with E-state index < -0.39 is 33.8 Å². The van der Waals surface area contributed by atoms with Crippen LogP contribution in [0.1, 0.15) is 13.3 Å². The molecule has 0 aliphatic carbocycles. The number of esters is 1. The van der Waals surface area contributed by atoms with E-state index >= 15 is 0 Å². The summed E-state index contributed by atoms with van der Waals surface area (Å²) in [6.45, 7) is 2.35. The third kappa shape index (κ3) is 4.44. The van der Waals surface area contributed by atoms with E-state index in [9.17, 15) is 18.0 Å². The highest BCUT2D eigenvalue weighted by atomic mass is 32.2. The lowest BCUT2D eigenvalue weighted by Gasteiger charge is -2.32. The molecule has 1 aliphatic rings. The van der Waals surface area contributed by atoms with Crippen molar-refractivity contribution in [1.82, 2.24) is 9.62 Å². The number of nitrogens with one attached hydrogen (secondary N) is 1. The summed E-state index contributed by atoms with van der Waals surface area (Å²) < 4.78 is 29.7. The molecule has 1 atom stereocenters. The van der Waals surface area contributed by atoms with E-state index in [0.29, 0.717) is 6.54 Å². The molecule has 0 saturated carbocycles. The summed E-state index contributed by atoms with van der Waals surface area (Å²) in [6.07, 6.45) is -0.271. The topological polar surface area (TPSA) is 113 Å². The molecule has 1 heterocycles. The maximum absolute atomic E-state index is 12.0. The average Bonchev–Trinajstić information content (AvgIpc) is 2.37. The number of hydrogen-bond acceptors (Lipinski definition) is 6. The molecule has 2 N–H and O–H groups in total. The lowest BCUT2D eigenvalue weighted by Crippen LogP contribution is -2.57. The van der Waals surface area contributed by atoms with Gasteiger partial charge in [0.05, 0.1) is 18.8 Å². The van der Waals surface area contributed by atoms with Gasteiger partial charge in [-0.2, -0.15) is 4.31 Å². The Morgan fingerprint density at radius 1 is 1.47 bits per heavy atom. The fourth-order valence-corrected chi connectivity index (χ4v) is 3.37. The minimum Gasteiger partial charge on any atom is -0.480 e. The van der Waals surface area contributed by atoms with Crippen molar-refractivity contribution in [1.29, 1.82) is 0 Å². The number of rotatable bonds is 6. The van der Waals surface area contributed by atoms with Crippen LogP contribution in [-0.2, 0) is 24.3 Å². The first-order chi connectivity index (χ1) is 8.88. The zero-order valence-electron chi connectivity index (χ0n) is 10.7. The molecule has 1 unspecified atom stereocenters. The summed E-state index contributed by atoms with van der Waals surface area (Å²) in [6, 6.07) is -1.12. The summed E-state index contributed by atoms with van der Waals surface area (Å²) in [5.74, 6) is -2.24. The van der Waals surface area contributed by atoms with Crippen molar-refractivity contribution >= 4 is 22.0 Å². The fraction of sp³-hybridized carbons (Fsp3) is 0.800. The number of carboxylic acids is 1. The number of piperazine rings is 1. The molecule has 1 fully saturated rings. The number of aliphatic carboxylic acids is 1. The maximum atomic E-state index is 12.0. The highest BCUT2D eigenvalue weighted by Gasteiger charge is 2.36. The molecule has 1 aliphatic heterocycles. The lowest BCUT2D eigenvalue weighted by molar-refractivity contribution is -0.142. The van der Waals surface area contributed by atoms with Crippen molar-refractivity contribution in [2.75, 3.05) is 32.0 Å². The number of carbonyl (C=O) groups is 2. The molecule has 1 rings (SSSR count). The zero-order valence-corrected chi connectivity index (χ0v) is 11.5. The van der Waals surface area contributed by atoms with E-state index in [4.69, 9.17) is 5.11 Å². The Bertz CT molecular complexity index is 435. The van der Waals surface area contributed by atoms with Gasteiger partial charge in [0, 0.05) is 19.6 Å². The van der Waals surface area contributed by atoms with Gasteiger partial charge in [0.1, 0.15) is 6.04 Å². The second-order valence-electron chi connectivity index (χ2n) is 4.04. The minimum absolute atomic E-state index is 0.0635. The normalized spacial score (nSPS) is 21.0. The SMILES string of the molecule is CCOC(=O)CCS(=O)(=O)N1CCNCC1C(=O)O. The van der Waals surface area contributed by atoms with E-state index in [0.717, 1.165) is 4.31 Å². The Morgan fingerprint density at radius 2 is 2.16 bits per heavy atom. The second-order valence-corrected chi connectivity index (χ2v) is 6.08. The monoisotopic (exact) mass is 294 g/mol. The first-order valence-electron chi connectivity index (χ1n) is 5.97. The summed E-state index contributed by atoms with van der Waals surface area (Å²) in [7, 11) is -3.78. The predicted octanol–water partition coefficient (Wildman–Crippen LogP) is -1.37. The van der Waals surface area contributed by atoms with Gasteiger partial charge < -0.3 is 15.2 Å². The van der Waals surface area contributed by atoms with Crippen molar-refractivity contribution in [3.63, 3.8) is 0 Å². The Morgan fingerprint density at radius 3 is 2.74 bits per heavy atom. The molecule has 0 bridgehead atoms. The van der Waals surface area contributed by atoms with Gasteiger partial charge in [0.2, 0.25) is 10.0 Å². The van der Waals surface area contributed by atoms with E-state index in [1.165, 1.54) is 0 Å². The van der Waals surface area contributed by atoms with Gasteiger partial charge in [0.25, 0.3) is 0 Å². The molecular weight excluding hydrogens is 276 g/mol. The Labute approximate surface area is 111 Å². The second kappa shape index (κ2) is 6.83. The van der Waals surface area contributed by atoms with Crippen LogP contribution in [0.2, 0.25) is 0 Å². The smallest absolute Gasteiger partial charge is 0.323 e. The van der Waals surface area contributed by atoms with Crippen LogP contribution in [0, 0.1) is 0 Å². The molecule has 8 nitrogen and oxygen atoms in total. The summed E-state index contributed by atoms with van der Waals surface area (Å²) >= 11 is 0. The van der Waals surface area contributed by atoms with E-state index in [1.54, 1.807) is 6.92 Å². The molecular formula is C10H18N2O6S. The molecule has 0 aromatic rings. The van der Waals surface area contributed by atoms with Crippen LogP contribution in [0.4, 0.5) is 0 Å². The molecule has 9 heteroatoms. The summed E-state index contributed by atoms with van der Waals surface area (Å²) in [4.78, 5) is 22.2. The highest BCUT2D eigenvalue weighted by Crippen LogP contribution is 2.12. The van der Waals surface area contributed by atoms with Crippen LogP contribution in [0.25, 0.3) is 0 Å². The number of hydrogen-bond donors (Lipinski definition) is 2. The first-order valence-corrected chi connectivity index (χ1v) is 7.58. The third-order valence-corrected chi connectivity index (χ3v) is 4.58. The van der Waals surface area contributed by atoms with Gasteiger partial charge in [0.15, 0.2) is 0 Å². The van der Waals surface area contributed by atoms with Gasteiger partial charge in [-0.3, -0.25) is 9.59 Å². The van der Waals surface area contributed by atoms with Gasteiger partial charge in [-0.05, 0) is 6.92 Å². The van der Waals surface area contributed by atoms with Crippen molar-refractivity contribution in [2.45, 2.75) is 19.4 Å². The minimum atomic E-state index is -3.78. The molecule has 0 aromatic heterocycles. The molecule has 0 aromatic carbocycles. The van der Waals surface area contributed by atoms with Crippen LogP contribution in [0.15, 0.2) is 0 Å². The van der Waals surface area contributed by atoms with Crippen LogP contribution >= 0.6 is 0 Å². The first kappa shape index (κ1) is 15.9. The highest BCUT2D eigenvalue weighted by molar-refractivity contribution is 7.89. The van der Waals surface area contributed by atoms with Crippen molar-refractivity contribution in [2.24, 2.45) is 0 Å². The molecule has 110 valence electrons. The number of ether oxygens (including phenoxy) is 1. The zero-order chi connectivity index (χ0) is 14.5. The van der Waals surface area contributed by atoms with Crippen LogP contribution < -0.4 is 5.32 Å². The van der Waals surface area contributed by atoms with Crippen LogP contribution in [0.5, 0.6) is 0 Å².